The van der Waals surface area contributed by atoms with Gasteiger partial charge < -0.3 is 14.8 Å². The van der Waals surface area contributed by atoms with Crippen molar-refractivity contribution in [3.8, 4) is 0 Å². The van der Waals surface area contributed by atoms with Crippen LogP contribution in [0.1, 0.15) is 45.4 Å². The van der Waals surface area contributed by atoms with Crippen LogP contribution >= 0.6 is 0 Å². The molecule has 0 aromatic carbocycles. The van der Waals surface area contributed by atoms with Crippen LogP contribution in [0.25, 0.3) is 0 Å². The van der Waals surface area contributed by atoms with Gasteiger partial charge in [0.25, 0.3) is 0 Å². The molecule has 1 heterocycles. The summed E-state index contributed by atoms with van der Waals surface area (Å²) < 4.78 is 11.5. The quantitative estimate of drug-likeness (QED) is 0.791. The fourth-order valence-electron chi connectivity index (χ4n) is 3.76. The lowest BCUT2D eigenvalue weighted by molar-refractivity contribution is -0.241. The van der Waals surface area contributed by atoms with Crippen LogP contribution in [0.15, 0.2) is 0 Å². The van der Waals surface area contributed by atoms with Crippen molar-refractivity contribution in [1.82, 2.24) is 5.32 Å². The molecule has 3 aliphatic rings. The first kappa shape index (κ1) is 13.9. The van der Waals surface area contributed by atoms with Crippen molar-refractivity contribution in [3.05, 3.63) is 0 Å². The molecule has 5 heteroatoms. The Morgan fingerprint density at radius 2 is 2.20 bits per heavy atom. The number of ether oxygens (including phenoxy) is 2. The molecule has 3 rings (SSSR count). The first-order valence-corrected chi connectivity index (χ1v) is 7.74. The lowest BCUT2D eigenvalue weighted by Gasteiger charge is -2.59. The van der Waals surface area contributed by atoms with Gasteiger partial charge in [-0.2, -0.15) is 0 Å². The zero-order valence-corrected chi connectivity index (χ0v) is 12.0. The summed E-state index contributed by atoms with van der Waals surface area (Å²) in [6.45, 7) is 3.30. The first-order valence-electron chi connectivity index (χ1n) is 7.74. The van der Waals surface area contributed by atoms with Gasteiger partial charge in [-0.1, -0.05) is 6.42 Å². The van der Waals surface area contributed by atoms with E-state index in [0.717, 1.165) is 25.9 Å². The van der Waals surface area contributed by atoms with Gasteiger partial charge in [0, 0.05) is 31.4 Å². The number of carbonyl (C=O) groups is 2. The second kappa shape index (κ2) is 5.35. The molecule has 20 heavy (non-hydrogen) atoms. The fourth-order valence-corrected chi connectivity index (χ4v) is 3.76. The summed E-state index contributed by atoms with van der Waals surface area (Å²) in [6, 6.07) is 0. The van der Waals surface area contributed by atoms with Crippen LogP contribution in [-0.4, -0.2) is 37.2 Å². The molecule has 1 saturated heterocycles. The van der Waals surface area contributed by atoms with Gasteiger partial charge in [-0.15, -0.1) is 0 Å². The summed E-state index contributed by atoms with van der Waals surface area (Å²) in [5, 5.41) is 2.74. The maximum atomic E-state index is 12.2. The fraction of sp³-hybridized carbons (Fsp3) is 0.867. The molecule has 1 aliphatic heterocycles. The Hall–Kier alpha value is -1.10. The summed E-state index contributed by atoms with van der Waals surface area (Å²) in [5.41, 5.74) is 0.0859. The normalized spacial score (nSPS) is 34.9. The summed E-state index contributed by atoms with van der Waals surface area (Å²) in [6.07, 6.45) is 5.44. The molecular formula is C15H23NO4. The third-order valence-electron chi connectivity index (χ3n) is 5.20. The van der Waals surface area contributed by atoms with Crippen LogP contribution in [0, 0.1) is 11.3 Å². The largest absolute Gasteiger partial charge is 0.461 e. The highest BCUT2D eigenvalue weighted by atomic mass is 16.6. The van der Waals surface area contributed by atoms with Crippen LogP contribution in [-0.2, 0) is 19.1 Å². The number of hydrogen-bond donors (Lipinski definition) is 1. The minimum Gasteiger partial charge on any atom is -0.461 e. The van der Waals surface area contributed by atoms with E-state index in [4.69, 9.17) is 9.47 Å². The van der Waals surface area contributed by atoms with E-state index in [2.05, 4.69) is 5.32 Å². The van der Waals surface area contributed by atoms with Gasteiger partial charge in [0.05, 0.1) is 12.0 Å². The average molecular weight is 281 g/mol. The second-order valence-corrected chi connectivity index (χ2v) is 6.23. The van der Waals surface area contributed by atoms with Crippen molar-refractivity contribution in [2.24, 2.45) is 11.3 Å². The standard InChI is InChI=1S/C15H23NO4/c1-2-19-11-9-12(15(11)5-3-6-15)20-14(18)10-4-7-16-13(17)8-10/h10-12H,2-9H2,1H3,(H,16,17)/t10-,11+,12-/m0/s1. The maximum absolute atomic E-state index is 12.2. The highest BCUT2D eigenvalue weighted by Gasteiger charge is 2.61. The molecule has 0 unspecified atom stereocenters. The molecule has 112 valence electrons. The third kappa shape index (κ3) is 2.22. The zero-order chi connectivity index (χ0) is 14.2. The second-order valence-electron chi connectivity index (χ2n) is 6.23. The lowest BCUT2D eigenvalue weighted by Crippen LogP contribution is -2.63. The Morgan fingerprint density at radius 1 is 1.40 bits per heavy atom. The number of esters is 1. The molecular weight excluding hydrogens is 258 g/mol. The van der Waals surface area contributed by atoms with E-state index in [1.165, 1.54) is 6.42 Å². The van der Waals surface area contributed by atoms with Crippen molar-refractivity contribution >= 4 is 11.9 Å². The predicted octanol–water partition coefficient (Wildman–Crippen LogP) is 1.40. The van der Waals surface area contributed by atoms with Crippen molar-refractivity contribution in [2.75, 3.05) is 13.2 Å². The predicted molar refractivity (Wildman–Crippen MR) is 71.9 cm³/mol. The van der Waals surface area contributed by atoms with Crippen LogP contribution in [0.3, 0.4) is 0 Å². The van der Waals surface area contributed by atoms with Gasteiger partial charge in [0.1, 0.15) is 6.10 Å². The van der Waals surface area contributed by atoms with E-state index in [9.17, 15) is 9.59 Å². The number of piperidine rings is 1. The molecule has 0 bridgehead atoms. The topological polar surface area (TPSA) is 64.6 Å². The number of hydrogen-bond acceptors (Lipinski definition) is 4. The van der Waals surface area contributed by atoms with E-state index in [1.54, 1.807) is 0 Å². The van der Waals surface area contributed by atoms with Gasteiger partial charge in [0.15, 0.2) is 0 Å². The van der Waals surface area contributed by atoms with E-state index in [-0.39, 0.29) is 41.8 Å². The maximum Gasteiger partial charge on any atom is 0.309 e. The Labute approximate surface area is 119 Å². The van der Waals surface area contributed by atoms with Crippen LogP contribution in [0.4, 0.5) is 0 Å². The summed E-state index contributed by atoms with van der Waals surface area (Å²) in [4.78, 5) is 23.5. The molecule has 2 saturated carbocycles. The van der Waals surface area contributed by atoms with Crippen LogP contribution < -0.4 is 5.32 Å². The van der Waals surface area contributed by atoms with Gasteiger partial charge >= 0.3 is 5.97 Å². The van der Waals surface area contributed by atoms with Gasteiger partial charge in [-0.25, -0.2) is 0 Å². The van der Waals surface area contributed by atoms with Gasteiger partial charge in [-0.3, -0.25) is 9.59 Å². The molecule has 1 amide bonds. The van der Waals surface area contributed by atoms with Crippen molar-refractivity contribution in [3.63, 3.8) is 0 Å². The highest BCUT2D eigenvalue weighted by Crippen LogP contribution is 2.58. The Morgan fingerprint density at radius 3 is 2.80 bits per heavy atom. The van der Waals surface area contributed by atoms with Crippen molar-refractivity contribution < 1.29 is 19.1 Å². The molecule has 0 aromatic rings. The molecule has 3 atom stereocenters. The Bertz CT molecular complexity index is 405. The number of amides is 1. The smallest absolute Gasteiger partial charge is 0.309 e. The molecule has 0 aromatic heterocycles. The number of carbonyl (C=O) groups excluding carboxylic acids is 2. The average Bonchev–Trinajstić information content (AvgIpc) is 2.35. The van der Waals surface area contributed by atoms with E-state index in [0.29, 0.717) is 13.0 Å². The number of rotatable bonds is 4. The monoisotopic (exact) mass is 281 g/mol. The van der Waals surface area contributed by atoms with Crippen molar-refractivity contribution in [1.29, 1.82) is 0 Å². The van der Waals surface area contributed by atoms with Crippen LogP contribution in [0.2, 0.25) is 0 Å². The third-order valence-corrected chi connectivity index (χ3v) is 5.20. The molecule has 3 fully saturated rings. The van der Waals surface area contributed by atoms with Gasteiger partial charge in [0.2, 0.25) is 5.91 Å². The Kier molecular flexibility index (Phi) is 3.71. The zero-order valence-electron chi connectivity index (χ0n) is 12.0. The molecule has 5 nitrogen and oxygen atoms in total. The Balaban J connectivity index is 1.56. The van der Waals surface area contributed by atoms with Crippen LogP contribution in [0.5, 0.6) is 0 Å². The van der Waals surface area contributed by atoms with Crippen molar-refractivity contribution in [2.45, 2.75) is 57.7 Å². The molecule has 1 spiro atoms. The minimum atomic E-state index is -0.257. The molecule has 1 N–H and O–H groups in total. The van der Waals surface area contributed by atoms with E-state index >= 15 is 0 Å². The van der Waals surface area contributed by atoms with E-state index < -0.39 is 0 Å². The number of nitrogens with one attached hydrogen (secondary N) is 1. The minimum absolute atomic E-state index is 0.00490. The molecule has 2 aliphatic carbocycles. The highest BCUT2D eigenvalue weighted by molar-refractivity contribution is 5.84. The van der Waals surface area contributed by atoms with E-state index in [1.807, 2.05) is 6.92 Å². The first-order chi connectivity index (χ1) is 9.65. The molecule has 0 radical (unpaired) electrons. The lowest BCUT2D eigenvalue weighted by atomic mass is 9.52. The SMILES string of the molecule is CCO[C@@H]1C[C@H](OC(=O)[C@H]2CCNC(=O)C2)C12CCC2. The summed E-state index contributed by atoms with van der Waals surface area (Å²) in [5.74, 6) is -0.490. The summed E-state index contributed by atoms with van der Waals surface area (Å²) >= 11 is 0. The summed E-state index contributed by atoms with van der Waals surface area (Å²) in [7, 11) is 0. The van der Waals surface area contributed by atoms with Gasteiger partial charge in [-0.05, 0) is 26.2 Å².